The van der Waals surface area contributed by atoms with Gasteiger partial charge in [-0.1, -0.05) is 43.8 Å². The highest BCUT2D eigenvalue weighted by molar-refractivity contribution is 6.12. The van der Waals surface area contributed by atoms with Crippen LogP contribution in [0.3, 0.4) is 0 Å². The average molecular weight is 298 g/mol. The highest BCUT2D eigenvalue weighted by atomic mass is 19.1. The van der Waals surface area contributed by atoms with Gasteiger partial charge in [0.2, 0.25) is 0 Å². The normalized spacial score (nSPS) is 10.9. The number of rotatable bonds is 4. The number of halogens is 2. The van der Waals surface area contributed by atoms with Gasteiger partial charge in [0.1, 0.15) is 17.5 Å². The molecule has 2 rings (SSSR count). The van der Waals surface area contributed by atoms with Crippen LogP contribution in [-0.4, -0.2) is 12.1 Å². The van der Waals surface area contributed by atoms with E-state index >= 15 is 0 Å². The SMILES string of the molecule is C=C(C=NC(=N)CC)c1ccc(-c2ccccc2F)cc1F. The lowest BCUT2D eigenvalue weighted by Crippen LogP contribution is -1.94. The second-order valence-electron chi connectivity index (χ2n) is 4.76. The van der Waals surface area contributed by atoms with Crippen LogP contribution in [0.15, 0.2) is 54.0 Å². The van der Waals surface area contributed by atoms with Gasteiger partial charge < -0.3 is 0 Å². The van der Waals surface area contributed by atoms with Crippen LogP contribution in [0.5, 0.6) is 0 Å². The quantitative estimate of drug-likeness (QED) is 0.602. The number of hydrogen-bond donors (Lipinski definition) is 1. The van der Waals surface area contributed by atoms with Crippen molar-refractivity contribution in [3.05, 3.63) is 66.2 Å². The lowest BCUT2D eigenvalue weighted by Gasteiger charge is -2.07. The molecule has 0 fully saturated rings. The largest absolute Gasteiger partial charge is 0.287 e. The van der Waals surface area contributed by atoms with Gasteiger partial charge in [0.25, 0.3) is 0 Å². The molecular weight excluding hydrogens is 282 g/mol. The van der Waals surface area contributed by atoms with Crippen molar-refractivity contribution in [2.45, 2.75) is 13.3 Å². The highest BCUT2D eigenvalue weighted by Crippen LogP contribution is 2.26. The van der Waals surface area contributed by atoms with E-state index in [1.165, 1.54) is 18.3 Å². The highest BCUT2D eigenvalue weighted by Gasteiger charge is 2.09. The maximum atomic E-state index is 14.2. The lowest BCUT2D eigenvalue weighted by atomic mass is 10.0. The Morgan fingerprint density at radius 1 is 1.18 bits per heavy atom. The summed E-state index contributed by atoms with van der Waals surface area (Å²) < 4.78 is 28.0. The van der Waals surface area contributed by atoms with Gasteiger partial charge in [-0.15, -0.1) is 0 Å². The van der Waals surface area contributed by atoms with Crippen LogP contribution >= 0.6 is 0 Å². The van der Waals surface area contributed by atoms with Crippen LogP contribution in [0.4, 0.5) is 8.78 Å². The molecule has 0 unspecified atom stereocenters. The maximum absolute atomic E-state index is 14.2. The van der Waals surface area contributed by atoms with Gasteiger partial charge >= 0.3 is 0 Å². The Labute approximate surface area is 128 Å². The minimum Gasteiger partial charge on any atom is -0.287 e. The summed E-state index contributed by atoms with van der Waals surface area (Å²) in [6.07, 6.45) is 1.87. The zero-order valence-electron chi connectivity index (χ0n) is 12.2. The zero-order chi connectivity index (χ0) is 16.1. The third-order valence-electron chi connectivity index (χ3n) is 3.21. The van der Waals surface area contributed by atoms with Gasteiger partial charge in [0.05, 0.1) is 0 Å². The molecule has 2 nitrogen and oxygen atoms in total. The molecule has 0 amide bonds. The third kappa shape index (κ3) is 3.52. The van der Waals surface area contributed by atoms with Crippen LogP contribution in [0.2, 0.25) is 0 Å². The van der Waals surface area contributed by atoms with Crippen LogP contribution in [-0.2, 0) is 0 Å². The molecule has 0 aliphatic carbocycles. The first-order valence-electron chi connectivity index (χ1n) is 6.88. The first-order valence-corrected chi connectivity index (χ1v) is 6.88. The van der Waals surface area contributed by atoms with E-state index in [1.54, 1.807) is 30.3 Å². The molecule has 0 atom stereocenters. The van der Waals surface area contributed by atoms with Crippen LogP contribution < -0.4 is 0 Å². The fourth-order valence-electron chi connectivity index (χ4n) is 1.96. The van der Waals surface area contributed by atoms with E-state index < -0.39 is 11.6 Å². The zero-order valence-corrected chi connectivity index (χ0v) is 12.2. The predicted molar refractivity (Wildman–Crippen MR) is 87.3 cm³/mol. The summed E-state index contributed by atoms with van der Waals surface area (Å²) in [5.74, 6) is -0.698. The number of benzene rings is 2. The number of nitrogens with zero attached hydrogens (tertiary/aromatic N) is 1. The number of nitrogens with one attached hydrogen (secondary N) is 1. The van der Waals surface area contributed by atoms with Crippen LogP contribution in [0.1, 0.15) is 18.9 Å². The van der Waals surface area contributed by atoms with Gasteiger partial charge in [-0.3, -0.25) is 5.41 Å². The van der Waals surface area contributed by atoms with Crippen molar-refractivity contribution in [3.63, 3.8) is 0 Å². The van der Waals surface area contributed by atoms with E-state index in [0.29, 0.717) is 23.1 Å². The van der Waals surface area contributed by atoms with E-state index in [4.69, 9.17) is 5.41 Å². The molecule has 1 N–H and O–H groups in total. The monoisotopic (exact) mass is 298 g/mol. The summed E-state index contributed by atoms with van der Waals surface area (Å²) in [6, 6.07) is 10.7. The average Bonchev–Trinajstić information content (AvgIpc) is 2.52. The molecular formula is C18H16F2N2. The molecule has 0 bridgehead atoms. The second kappa shape index (κ2) is 6.89. The van der Waals surface area contributed by atoms with Gasteiger partial charge in [0.15, 0.2) is 0 Å². The summed E-state index contributed by atoms with van der Waals surface area (Å²) in [4.78, 5) is 3.89. The summed E-state index contributed by atoms with van der Waals surface area (Å²) in [6.45, 7) is 5.56. The Balaban J connectivity index is 2.31. The number of amidine groups is 1. The Morgan fingerprint density at radius 3 is 2.55 bits per heavy atom. The third-order valence-corrected chi connectivity index (χ3v) is 3.21. The molecule has 0 spiro atoms. The first kappa shape index (κ1) is 15.8. The van der Waals surface area contributed by atoms with Crippen molar-refractivity contribution in [1.29, 1.82) is 5.41 Å². The minimum absolute atomic E-state index is 0.199. The lowest BCUT2D eigenvalue weighted by molar-refractivity contribution is 0.622. The van der Waals surface area contributed by atoms with Crippen molar-refractivity contribution in [2.24, 2.45) is 4.99 Å². The van der Waals surface area contributed by atoms with Crippen molar-refractivity contribution >= 4 is 17.6 Å². The fraction of sp³-hybridized carbons (Fsp3) is 0.111. The Bertz CT molecular complexity index is 749. The molecule has 4 heteroatoms. The molecule has 112 valence electrons. The molecule has 0 saturated heterocycles. The van der Waals surface area contributed by atoms with E-state index in [2.05, 4.69) is 11.6 Å². The van der Waals surface area contributed by atoms with E-state index in [-0.39, 0.29) is 11.4 Å². The van der Waals surface area contributed by atoms with E-state index in [9.17, 15) is 8.78 Å². The van der Waals surface area contributed by atoms with Crippen LogP contribution in [0.25, 0.3) is 16.7 Å². The summed E-state index contributed by atoms with van der Waals surface area (Å²) in [7, 11) is 0. The topological polar surface area (TPSA) is 36.2 Å². The fourth-order valence-corrected chi connectivity index (χ4v) is 1.96. The smallest absolute Gasteiger partial charge is 0.131 e. The number of aliphatic imine (C=N–C) groups is 1. The van der Waals surface area contributed by atoms with Crippen molar-refractivity contribution in [3.8, 4) is 11.1 Å². The Hall–Kier alpha value is -2.62. The van der Waals surface area contributed by atoms with E-state index in [0.717, 1.165) is 0 Å². The molecule has 0 aromatic heterocycles. The number of allylic oxidation sites excluding steroid dienone is 1. The molecule has 2 aromatic rings. The molecule has 0 heterocycles. The standard InChI is InChI=1S/C18H16F2N2/c1-3-18(21)22-11-12(2)14-9-8-13(10-17(14)20)15-6-4-5-7-16(15)19/h4-11,21H,2-3H2,1H3. The Morgan fingerprint density at radius 2 is 1.91 bits per heavy atom. The molecule has 0 radical (unpaired) electrons. The Kier molecular flexibility index (Phi) is 4.94. The number of hydrogen-bond acceptors (Lipinski definition) is 1. The maximum Gasteiger partial charge on any atom is 0.131 e. The van der Waals surface area contributed by atoms with Crippen LogP contribution in [0, 0.1) is 17.0 Å². The van der Waals surface area contributed by atoms with Gasteiger partial charge in [0, 0.05) is 23.8 Å². The minimum atomic E-state index is -0.500. The van der Waals surface area contributed by atoms with Gasteiger partial charge in [-0.25, -0.2) is 13.8 Å². The first-order chi connectivity index (χ1) is 10.5. The molecule has 0 aliphatic rings. The van der Waals surface area contributed by atoms with Crippen molar-refractivity contribution < 1.29 is 8.78 Å². The predicted octanol–water partition coefficient (Wildman–Crippen LogP) is 5.10. The second-order valence-corrected chi connectivity index (χ2v) is 4.76. The van der Waals surface area contributed by atoms with Crippen molar-refractivity contribution in [2.75, 3.05) is 0 Å². The van der Waals surface area contributed by atoms with Gasteiger partial charge in [-0.05, 0) is 23.3 Å². The summed E-state index contributed by atoms with van der Waals surface area (Å²) in [5.41, 5.74) is 1.47. The van der Waals surface area contributed by atoms with Gasteiger partial charge in [-0.2, -0.15) is 0 Å². The molecule has 0 aliphatic heterocycles. The molecule has 0 saturated carbocycles. The summed E-state index contributed by atoms with van der Waals surface area (Å²) in [5, 5.41) is 7.44. The van der Waals surface area contributed by atoms with E-state index in [1.807, 2.05) is 6.92 Å². The van der Waals surface area contributed by atoms with Crippen molar-refractivity contribution in [1.82, 2.24) is 0 Å². The molecule has 2 aromatic carbocycles. The molecule has 22 heavy (non-hydrogen) atoms. The summed E-state index contributed by atoms with van der Waals surface area (Å²) >= 11 is 0.